The normalized spacial score (nSPS) is 13.2. The molecule has 4 heteroatoms. The molecule has 0 amide bonds. The lowest BCUT2D eigenvalue weighted by Crippen LogP contribution is -2.15. The van der Waals surface area contributed by atoms with Crippen molar-refractivity contribution in [2.45, 2.75) is 19.3 Å². The van der Waals surface area contributed by atoms with E-state index in [1.165, 1.54) is 76.7 Å². The number of fused-ring (bicyclic) bond motifs is 12. The highest BCUT2D eigenvalue weighted by Gasteiger charge is 2.37. The molecule has 3 heterocycles. The summed E-state index contributed by atoms with van der Waals surface area (Å²) in [7, 11) is 0. The Bertz CT molecular complexity index is 3780. The van der Waals surface area contributed by atoms with Gasteiger partial charge in [0.25, 0.3) is 0 Å². The fourth-order valence-electron chi connectivity index (χ4n) is 10.4. The highest BCUT2D eigenvalue weighted by Crippen LogP contribution is 2.53. The summed E-state index contributed by atoms with van der Waals surface area (Å²) in [5.74, 6) is 0.666. The Morgan fingerprint density at radius 3 is 1.79 bits per heavy atom. The minimum absolute atomic E-state index is 0.205. The number of hydrogen-bond donors (Lipinski definition) is 0. The average Bonchev–Trinajstić information content (AvgIpc) is 3.90. The molecule has 13 rings (SSSR count). The number of hydrogen-bond acceptors (Lipinski definition) is 2. The summed E-state index contributed by atoms with van der Waals surface area (Å²) in [6, 6.07) is 70.5. The average molecular weight is 779 g/mol. The molecule has 0 spiro atoms. The zero-order valence-corrected chi connectivity index (χ0v) is 33.8. The van der Waals surface area contributed by atoms with Crippen LogP contribution >= 0.6 is 0 Å². The second-order valence-electron chi connectivity index (χ2n) is 17.0. The third-order valence-corrected chi connectivity index (χ3v) is 13.3. The van der Waals surface area contributed by atoms with Gasteiger partial charge in [0, 0.05) is 43.6 Å². The van der Waals surface area contributed by atoms with E-state index >= 15 is 0 Å². The van der Waals surface area contributed by atoms with Crippen LogP contribution in [0.2, 0.25) is 0 Å². The number of rotatable bonds is 4. The molecule has 1 aliphatic carbocycles. The molecule has 0 saturated carbocycles. The number of para-hydroxylation sites is 3. The first-order chi connectivity index (χ1) is 30.0. The zero-order chi connectivity index (χ0) is 40.4. The van der Waals surface area contributed by atoms with E-state index in [1.807, 2.05) is 0 Å². The molecule has 4 nitrogen and oxygen atoms in total. The minimum Gasteiger partial charge on any atom is -0.309 e. The van der Waals surface area contributed by atoms with Crippen LogP contribution in [-0.4, -0.2) is 19.1 Å². The van der Waals surface area contributed by atoms with Gasteiger partial charge in [-0.1, -0.05) is 147 Å². The Hall–Kier alpha value is -7.82. The molecular formula is C57H38N4. The van der Waals surface area contributed by atoms with Crippen molar-refractivity contribution in [2.24, 2.45) is 0 Å². The lowest BCUT2D eigenvalue weighted by Gasteiger charge is -2.22. The molecule has 3 aromatic heterocycles. The first-order valence-corrected chi connectivity index (χ1v) is 21.1. The quantitative estimate of drug-likeness (QED) is 0.178. The van der Waals surface area contributed by atoms with Gasteiger partial charge in [-0.2, -0.15) is 0 Å². The lowest BCUT2D eigenvalue weighted by molar-refractivity contribution is 0.661. The largest absolute Gasteiger partial charge is 0.309 e. The monoisotopic (exact) mass is 778 g/mol. The predicted octanol–water partition coefficient (Wildman–Crippen LogP) is 14.6. The maximum Gasteiger partial charge on any atom is 0.235 e. The topological polar surface area (TPSA) is 35.6 Å². The van der Waals surface area contributed by atoms with Gasteiger partial charge in [-0.25, -0.2) is 9.97 Å². The summed E-state index contributed by atoms with van der Waals surface area (Å²) in [4.78, 5) is 10.8. The third-order valence-electron chi connectivity index (χ3n) is 13.3. The minimum atomic E-state index is -0.205. The molecule has 0 saturated heterocycles. The van der Waals surface area contributed by atoms with E-state index in [1.54, 1.807) is 0 Å². The summed E-state index contributed by atoms with van der Waals surface area (Å²) in [6.45, 7) is 4.74. The van der Waals surface area contributed by atoms with Crippen molar-refractivity contribution in [3.63, 3.8) is 0 Å². The summed E-state index contributed by atoms with van der Waals surface area (Å²) in [5.41, 5.74) is 16.1. The van der Waals surface area contributed by atoms with Crippen molar-refractivity contribution in [3.8, 4) is 45.1 Å². The van der Waals surface area contributed by atoms with Gasteiger partial charge in [0.2, 0.25) is 5.95 Å². The molecule has 9 aromatic carbocycles. The number of nitrogens with zero attached hydrogens (tertiary/aromatic N) is 4. The second-order valence-corrected chi connectivity index (χ2v) is 17.0. The Labute approximate surface area is 352 Å². The van der Waals surface area contributed by atoms with E-state index in [0.29, 0.717) is 5.95 Å². The zero-order valence-electron chi connectivity index (χ0n) is 33.8. The maximum absolute atomic E-state index is 5.44. The summed E-state index contributed by atoms with van der Waals surface area (Å²) >= 11 is 0. The Balaban J connectivity index is 1.10. The van der Waals surface area contributed by atoms with Crippen molar-refractivity contribution in [1.82, 2.24) is 19.1 Å². The standard InChI is InChI=1S/C57H38N4/c1-57(2)47-28-25-35-15-9-10-20-40(35)54(47)46-33-45-44-32-38(37-26-29-51-43(31-37)41-21-12-14-24-50(41)60(51)39-18-7-4-8-19-39)27-30-52(44)61(53(45)34-48(46)57)56-58-49-23-13-11-22-42(49)55(59-56)36-16-5-3-6-17-36/h3-34H,1-2H3. The fraction of sp³-hybridized carbons (Fsp3) is 0.0526. The van der Waals surface area contributed by atoms with E-state index in [0.717, 1.165) is 38.9 Å². The van der Waals surface area contributed by atoms with Gasteiger partial charge in [0.15, 0.2) is 0 Å². The van der Waals surface area contributed by atoms with Gasteiger partial charge in [-0.15, -0.1) is 0 Å². The van der Waals surface area contributed by atoms with Crippen LogP contribution < -0.4 is 0 Å². The fourth-order valence-corrected chi connectivity index (χ4v) is 10.4. The highest BCUT2D eigenvalue weighted by molar-refractivity contribution is 6.15. The molecule has 0 aliphatic heterocycles. The van der Waals surface area contributed by atoms with Crippen molar-refractivity contribution >= 4 is 65.3 Å². The van der Waals surface area contributed by atoms with Crippen LogP contribution in [-0.2, 0) is 5.41 Å². The first-order valence-electron chi connectivity index (χ1n) is 21.1. The summed E-state index contributed by atoms with van der Waals surface area (Å²) in [5, 5.41) is 8.43. The molecular weight excluding hydrogens is 741 g/mol. The van der Waals surface area contributed by atoms with Crippen LogP contribution in [0, 0.1) is 0 Å². The van der Waals surface area contributed by atoms with Gasteiger partial charge in [0.05, 0.1) is 33.3 Å². The molecule has 0 N–H and O–H groups in total. The van der Waals surface area contributed by atoms with Crippen LogP contribution in [0.15, 0.2) is 194 Å². The van der Waals surface area contributed by atoms with Gasteiger partial charge in [-0.3, -0.25) is 4.57 Å². The third kappa shape index (κ3) is 4.87. The SMILES string of the molecule is CC1(C)c2cc3c(cc2-c2c1ccc1ccccc21)c1cc(-c2ccc4c(c2)c2ccccc2n4-c2ccccc2)ccc1n3-c1nc(-c2ccccc2)c2ccccc2n1. The summed E-state index contributed by atoms with van der Waals surface area (Å²) in [6.07, 6.45) is 0. The molecule has 0 radical (unpaired) electrons. The van der Waals surface area contributed by atoms with E-state index < -0.39 is 0 Å². The molecule has 61 heavy (non-hydrogen) atoms. The molecule has 12 aromatic rings. The van der Waals surface area contributed by atoms with E-state index in [-0.39, 0.29) is 5.41 Å². The van der Waals surface area contributed by atoms with Crippen molar-refractivity contribution < 1.29 is 0 Å². The molecule has 0 fully saturated rings. The molecule has 0 unspecified atom stereocenters. The van der Waals surface area contributed by atoms with Crippen LogP contribution in [0.25, 0.3) is 110 Å². The predicted molar refractivity (Wildman–Crippen MR) is 254 cm³/mol. The molecule has 0 atom stereocenters. The first kappa shape index (κ1) is 34.1. The molecule has 286 valence electrons. The van der Waals surface area contributed by atoms with Gasteiger partial charge < -0.3 is 4.57 Å². The van der Waals surface area contributed by atoms with Crippen molar-refractivity contribution in [1.29, 1.82) is 0 Å². The number of benzene rings is 9. The molecule has 0 bridgehead atoms. The van der Waals surface area contributed by atoms with Crippen LogP contribution in [0.4, 0.5) is 0 Å². The van der Waals surface area contributed by atoms with Crippen LogP contribution in [0.1, 0.15) is 25.0 Å². The second kappa shape index (κ2) is 12.6. The van der Waals surface area contributed by atoms with Crippen molar-refractivity contribution in [3.05, 3.63) is 205 Å². The highest BCUT2D eigenvalue weighted by atomic mass is 15.2. The van der Waals surface area contributed by atoms with E-state index in [2.05, 4.69) is 217 Å². The Kier molecular flexibility index (Phi) is 7.04. The van der Waals surface area contributed by atoms with Gasteiger partial charge >= 0.3 is 0 Å². The van der Waals surface area contributed by atoms with Crippen LogP contribution in [0.3, 0.4) is 0 Å². The summed E-state index contributed by atoms with van der Waals surface area (Å²) < 4.78 is 4.68. The van der Waals surface area contributed by atoms with Crippen molar-refractivity contribution in [2.75, 3.05) is 0 Å². The van der Waals surface area contributed by atoms with E-state index in [9.17, 15) is 0 Å². The Morgan fingerprint density at radius 2 is 1.00 bits per heavy atom. The van der Waals surface area contributed by atoms with Gasteiger partial charge in [0.1, 0.15) is 0 Å². The Morgan fingerprint density at radius 1 is 0.393 bits per heavy atom. The van der Waals surface area contributed by atoms with Gasteiger partial charge in [-0.05, 0) is 105 Å². The maximum atomic E-state index is 5.44. The number of aromatic nitrogens is 4. The van der Waals surface area contributed by atoms with E-state index in [4.69, 9.17) is 9.97 Å². The van der Waals surface area contributed by atoms with Crippen LogP contribution in [0.5, 0.6) is 0 Å². The smallest absolute Gasteiger partial charge is 0.235 e. The lowest BCUT2D eigenvalue weighted by atomic mass is 9.82. The molecule has 1 aliphatic rings.